The van der Waals surface area contributed by atoms with Crippen molar-refractivity contribution >= 4 is 22.4 Å². The van der Waals surface area contributed by atoms with Crippen molar-refractivity contribution < 1.29 is 40.7 Å². The number of nitrogens with one attached hydrogen (secondary N) is 2. The Morgan fingerprint density at radius 2 is 1.90 bits per heavy atom. The van der Waals surface area contributed by atoms with Gasteiger partial charge in [-0.2, -0.15) is 13.2 Å². The number of alkyl halides is 3. The summed E-state index contributed by atoms with van der Waals surface area (Å²) in [4.78, 5) is 22.9. The molecule has 0 bridgehead atoms. The van der Waals surface area contributed by atoms with E-state index in [-0.39, 0.29) is 24.8 Å². The van der Waals surface area contributed by atoms with Crippen LogP contribution in [0.4, 0.5) is 18.0 Å². The monoisotopic (exact) mass is 459 g/mol. The first kappa shape index (κ1) is 24.8. The van der Waals surface area contributed by atoms with Gasteiger partial charge in [0.1, 0.15) is 13.2 Å². The van der Waals surface area contributed by atoms with E-state index in [9.17, 15) is 31.2 Å². The van der Waals surface area contributed by atoms with Crippen LogP contribution in [0.2, 0.25) is 0 Å². The molecule has 174 valence electrons. The van der Waals surface area contributed by atoms with Gasteiger partial charge in [0.25, 0.3) is 0 Å². The number of halogens is 3. The molecule has 0 spiro atoms. The first-order valence-corrected chi connectivity index (χ1v) is 11.6. The number of amides is 1. The summed E-state index contributed by atoms with van der Waals surface area (Å²) >= 11 is 0. The quantitative estimate of drug-likeness (QED) is 0.490. The van der Waals surface area contributed by atoms with Crippen LogP contribution in [0.25, 0.3) is 0 Å². The average Bonchev–Trinajstić information content (AvgIpc) is 3.07. The number of ether oxygens (including phenoxy) is 2. The Labute approximate surface area is 173 Å². The fourth-order valence-electron chi connectivity index (χ4n) is 3.85. The van der Waals surface area contributed by atoms with E-state index in [0.29, 0.717) is 49.8 Å². The van der Waals surface area contributed by atoms with E-state index in [1.807, 2.05) is 0 Å². The molecule has 2 atom stereocenters. The van der Waals surface area contributed by atoms with Crippen LogP contribution in [0.5, 0.6) is 0 Å². The van der Waals surface area contributed by atoms with Crippen molar-refractivity contribution in [3.8, 4) is 0 Å². The maximum Gasteiger partial charge on any atom is 0.410 e. The zero-order valence-electron chi connectivity index (χ0n) is 16.7. The normalized spacial score (nSPS) is 27.6. The molecule has 1 heterocycles. The maximum absolute atomic E-state index is 12.9. The third kappa shape index (κ3) is 8.36. The highest BCUT2D eigenvalue weighted by molar-refractivity contribution is 7.88. The fraction of sp³-hybridized carbons (Fsp3) is 0.882. The Hall–Kier alpha value is -1.44. The van der Waals surface area contributed by atoms with Crippen LogP contribution in [0.3, 0.4) is 0 Å². The minimum atomic E-state index is -4.58. The Kier molecular flexibility index (Phi) is 8.88. The zero-order valence-corrected chi connectivity index (χ0v) is 17.5. The van der Waals surface area contributed by atoms with Crippen molar-refractivity contribution in [2.45, 2.75) is 62.5 Å². The SMILES string of the molecule is CS(=O)(=O)N[C@H]1CCN[C@H]1COC1CCC(N(CC(F)(F)F)C(=O)OCC=O)CC1. The van der Waals surface area contributed by atoms with Gasteiger partial charge >= 0.3 is 12.3 Å². The third-order valence-corrected chi connectivity index (χ3v) is 5.90. The van der Waals surface area contributed by atoms with Crippen LogP contribution in [0.1, 0.15) is 32.1 Å². The van der Waals surface area contributed by atoms with E-state index in [1.54, 1.807) is 0 Å². The molecular formula is C17H28F3N3O6S. The Bertz CT molecular complexity index is 683. The topological polar surface area (TPSA) is 114 Å². The fourth-order valence-corrected chi connectivity index (χ4v) is 4.68. The summed E-state index contributed by atoms with van der Waals surface area (Å²) in [7, 11) is -3.34. The number of carbonyl (C=O) groups excluding carboxylic acids is 2. The number of hydrogen-bond donors (Lipinski definition) is 2. The lowest BCUT2D eigenvalue weighted by Crippen LogP contribution is -2.49. The number of hydrogen-bond acceptors (Lipinski definition) is 7. The van der Waals surface area contributed by atoms with E-state index in [4.69, 9.17) is 4.74 Å². The van der Waals surface area contributed by atoms with Crippen molar-refractivity contribution in [3.63, 3.8) is 0 Å². The molecule has 0 unspecified atom stereocenters. The summed E-state index contributed by atoms with van der Waals surface area (Å²) in [5.74, 6) is 0. The van der Waals surface area contributed by atoms with Crippen LogP contribution in [-0.4, -0.2) is 88.7 Å². The van der Waals surface area contributed by atoms with Crippen molar-refractivity contribution in [1.82, 2.24) is 14.9 Å². The molecule has 0 aromatic rings. The first-order valence-electron chi connectivity index (χ1n) is 9.74. The molecule has 1 amide bonds. The molecule has 0 radical (unpaired) electrons. The molecule has 1 saturated carbocycles. The van der Waals surface area contributed by atoms with E-state index >= 15 is 0 Å². The molecule has 0 aromatic heterocycles. The van der Waals surface area contributed by atoms with E-state index in [2.05, 4.69) is 14.8 Å². The molecule has 2 fully saturated rings. The van der Waals surface area contributed by atoms with Crippen LogP contribution < -0.4 is 10.0 Å². The van der Waals surface area contributed by atoms with E-state index < -0.39 is 41.5 Å². The first-order chi connectivity index (χ1) is 14.0. The molecular weight excluding hydrogens is 431 g/mol. The molecule has 2 rings (SSSR count). The van der Waals surface area contributed by atoms with Gasteiger partial charge in [-0.25, -0.2) is 17.9 Å². The number of nitrogens with zero attached hydrogens (tertiary/aromatic N) is 1. The largest absolute Gasteiger partial charge is 0.442 e. The number of rotatable bonds is 9. The predicted octanol–water partition coefficient (Wildman–Crippen LogP) is 0.794. The van der Waals surface area contributed by atoms with Crippen molar-refractivity contribution in [2.24, 2.45) is 0 Å². The smallest absolute Gasteiger partial charge is 0.410 e. The van der Waals surface area contributed by atoms with Crippen LogP contribution in [-0.2, 0) is 24.3 Å². The lowest BCUT2D eigenvalue weighted by molar-refractivity contribution is -0.149. The van der Waals surface area contributed by atoms with Gasteiger partial charge in [-0.1, -0.05) is 0 Å². The van der Waals surface area contributed by atoms with Gasteiger partial charge < -0.3 is 14.8 Å². The van der Waals surface area contributed by atoms with E-state index in [1.165, 1.54) is 0 Å². The highest BCUT2D eigenvalue weighted by Gasteiger charge is 2.39. The van der Waals surface area contributed by atoms with E-state index in [0.717, 1.165) is 6.26 Å². The average molecular weight is 459 g/mol. The molecule has 1 aliphatic carbocycles. The van der Waals surface area contributed by atoms with Gasteiger partial charge in [0.15, 0.2) is 6.29 Å². The number of carbonyl (C=O) groups is 2. The van der Waals surface area contributed by atoms with Crippen LogP contribution >= 0.6 is 0 Å². The van der Waals surface area contributed by atoms with Crippen molar-refractivity contribution in [1.29, 1.82) is 0 Å². The Morgan fingerprint density at radius 1 is 1.23 bits per heavy atom. The van der Waals surface area contributed by atoms with Crippen LogP contribution in [0.15, 0.2) is 0 Å². The summed E-state index contributed by atoms with van der Waals surface area (Å²) in [6, 6.07) is -1.11. The summed E-state index contributed by atoms with van der Waals surface area (Å²) in [6.45, 7) is -1.10. The van der Waals surface area contributed by atoms with Gasteiger partial charge in [-0.3, -0.25) is 9.69 Å². The van der Waals surface area contributed by atoms with Gasteiger partial charge in [0.2, 0.25) is 10.0 Å². The Morgan fingerprint density at radius 3 is 2.47 bits per heavy atom. The predicted molar refractivity (Wildman–Crippen MR) is 100 cm³/mol. The summed E-state index contributed by atoms with van der Waals surface area (Å²) < 4.78 is 74.5. The molecule has 1 aliphatic heterocycles. The highest BCUT2D eigenvalue weighted by atomic mass is 32.2. The second kappa shape index (κ2) is 10.7. The minimum Gasteiger partial charge on any atom is -0.442 e. The molecule has 2 aliphatic rings. The van der Waals surface area contributed by atoms with Crippen molar-refractivity contribution in [3.05, 3.63) is 0 Å². The number of aldehydes is 1. The minimum absolute atomic E-state index is 0.183. The zero-order chi connectivity index (χ0) is 22.4. The molecule has 2 N–H and O–H groups in total. The lowest BCUT2D eigenvalue weighted by Gasteiger charge is -2.36. The summed E-state index contributed by atoms with van der Waals surface area (Å²) in [5, 5.41) is 3.18. The summed E-state index contributed by atoms with van der Waals surface area (Å²) in [5.41, 5.74) is 0. The molecule has 9 nitrogen and oxygen atoms in total. The van der Waals surface area contributed by atoms with Gasteiger partial charge in [0, 0.05) is 18.1 Å². The Balaban J connectivity index is 1.84. The van der Waals surface area contributed by atoms with Crippen molar-refractivity contribution in [2.75, 3.05) is 32.6 Å². The number of sulfonamides is 1. The second-order valence-corrected chi connectivity index (χ2v) is 9.38. The third-order valence-electron chi connectivity index (χ3n) is 5.17. The molecule has 30 heavy (non-hydrogen) atoms. The maximum atomic E-state index is 12.9. The molecule has 13 heteroatoms. The van der Waals surface area contributed by atoms with Gasteiger partial charge in [-0.15, -0.1) is 0 Å². The second-order valence-electron chi connectivity index (χ2n) is 7.60. The highest BCUT2D eigenvalue weighted by Crippen LogP contribution is 2.29. The molecule has 0 aromatic carbocycles. The van der Waals surface area contributed by atoms with Crippen LogP contribution in [0, 0.1) is 0 Å². The van der Waals surface area contributed by atoms with Gasteiger partial charge in [0.05, 0.1) is 19.0 Å². The molecule has 1 saturated heterocycles. The van der Waals surface area contributed by atoms with Gasteiger partial charge in [-0.05, 0) is 38.6 Å². The lowest BCUT2D eigenvalue weighted by atomic mass is 9.92. The standard InChI is InChI=1S/C17H28F3N3O6S/c1-30(26,27)22-14-6-7-21-15(14)10-29-13-4-2-12(3-5-13)23(11-17(18,19)20)16(25)28-9-8-24/h8,12-15,21-22H,2-7,9-11H2,1H3/t12?,13?,14-,15-/m0/s1. The summed E-state index contributed by atoms with van der Waals surface area (Å²) in [6.07, 6.45) is -2.37.